The van der Waals surface area contributed by atoms with E-state index < -0.39 is 12.7 Å². The van der Waals surface area contributed by atoms with Gasteiger partial charge in [-0.25, -0.2) is 4.98 Å². The Morgan fingerprint density at radius 2 is 2.16 bits per heavy atom. The van der Waals surface area contributed by atoms with Crippen LogP contribution in [0, 0.1) is 0 Å². The van der Waals surface area contributed by atoms with Gasteiger partial charge in [-0.05, 0) is 12.5 Å². The molecular weight excluding hydrogens is 261 g/mol. The fraction of sp³-hybridized carbons (Fsp3) is 0.636. The molecule has 0 aliphatic heterocycles. The van der Waals surface area contributed by atoms with Crippen LogP contribution in [0.5, 0.6) is 0 Å². The molecule has 0 radical (unpaired) electrons. The van der Waals surface area contributed by atoms with Crippen LogP contribution in [0.1, 0.15) is 13.3 Å². The maximum Gasteiger partial charge on any atom is 0.405 e. The van der Waals surface area contributed by atoms with Crippen molar-refractivity contribution in [3.8, 4) is 0 Å². The summed E-state index contributed by atoms with van der Waals surface area (Å²) in [5, 5.41) is 11.7. The van der Waals surface area contributed by atoms with Crippen LogP contribution in [-0.4, -0.2) is 47.5 Å². The zero-order valence-electron chi connectivity index (χ0n) is 10.6. The summed E-state index contributed by atoms with van der Waals surface area (Å²) in [5.41, 5.74) is 0. The molecule has 0 amide bonds. The molecule has 2 N–H and O–H groups in total. The molecule has 1 heterocycles. The number of nitrogens with one attached hydrogen (secondary N) is 1. The summed E-state index contributed by atoms with van der Waals surface area (Å²) >= 11 is 0. The Morgan fingerprint density at radius 1 is 1.42 bits per heavy atom. The average Bonchev–Trinajstić information content (AvgIpc) is 2.35. The molecule has 1 aromatic rings. The number of anilines is 2. The van der Waals surface area contributed by atoms with Gasteiger partial charge < -0.3 is 15.3 Å². The molecule has 0 aliphatic carbocycles. The van der Waals surface area contributed by atoms with E-state index in [1.165, 1.54) is 12.3 Å². The largest absolute Gasteiger partial charge is 0.405 e. The summed E-state index contributed by atoms with van der Waals surface area (Å²) in [4.78, 5) is 8.90. The monoisotopic (exact) mass is 278 g/mol. The molecule has 0 spiro atoms. The molecule has 0 bridgehead atoms. The summed E-state index contributed by atoms with van der Waals surface area (Å²) in [5.74, 6) is 0.421. The number of rotatable bonds is 7. The van der Waals surface area contributed by atoms with Gasteiger partial charge in [-0.1, -0.05) is 6.92 Å². The van der Waals surface area contributed by atoms with Crippen LogP contribution < -0.4 is 10.2 Å². The molecule has 0 saturated carbocycles. The van der Waals surface area contributed by atoms with Crippen LogP contribution in [-0.2, 0) is 0 Å². The molecule has 0 saturated heterocycles. The molecule has 0 aliphatic rings. The Bertz CT molecular complexity index is 386. The van der Waals surface area contributed by atoms with Crippen molar-refractivity contribution in [1.82, 2.24) is 9.97 Å². The number of aromatic nitrogens is 2. The van der Waals surface area contributed by atoms with Crippen molar-refractivity contribution in [3.05, 3.63) is 12.3 Å². The molecule has 108 valence electrons. The first-order valence-electron chi connectivity index (χ1n) is 5.95. The first-order valence-corrected chi connectivity index (χ1v) is 5.95. The third-order valence-corrected chi connectivity index (χ3v) is 2.24. The van der Waals surface area contributed by atoms with Crippen molar-refractivity contribution in [2.45, 2.75) is 19.5 Å². The molecule has 0 unspecified atom stereocenters. The Labute approximate surface area is 109 Å². The van der Waals surface area contributed by atoms with Gasteiger partial charge >= 0.3 is 6.18 Å². The van der Waals surface area contributed by atoms with Gasteiger partial charge in [0.25, 0.3) is 0 Å². The van der Waals surface area contributed by atoms with E-state index in [-0.39, 0.29) is 24.9 Å². The minimum Gasteiger partial charge on any atom is -0.395 e. The van der Waals surface area contributed by atoms with Gasteiger partial charge in [-0.2, -0.15) is 18.2 Å². The molecule has 0 atom stereocenters. The summed E-state index contributed by atoms with van der Waals surface area (Å²) in [6.07, 6.45) is -2.10. The second kappa shape index (κ2) is 7.13. The highest BCUT2D eigenvalue weighted by Crippen LogP contribution is 2.20. The standard InChI is InChI=1S/C11H17F3N4O/c1-2-4-15-10-16-5-3-9(17-10)18(6-7-19)8-11(12,13)14/h3,5,19H,2,4,6-8H2,1H3,(H,15,16,17). The number of hydrogen-bond donors (Lipinski definition) is 2. The summed E-state index contributed by atoms with van der Waals surface area (Å²) in [6.45, 7) is 0.931. The Hall–Kier alpha value is -1.57. The van der Waals surface area contributed by atoms with E-state index in [1.54, 1.807) is 0 Å². The normalized spacial score (nSPS) is 11.4. The van der Waals surface area contributed by atoms with Crippen LogP contribution in [0.2, 0.25) is 0 Å². The summed E-state index contributed by atoms with van der Waals surface area (Å²) in [6, 6.07) is 1.39. The minimum absolute atomic E-state index is 0.135. The maximum atomic E-state index is 12.4. The first-order chi connectivity index (χ1) is 8.96. The number of aliphatic hydroxyl groups excluding tert-OH is 1. The lowest BCUT2D eigenvalue weighted by Crippen LogP contribution is -2.37. The Morgan fingerprint density at radius 3 is 2.74 bits per heavy atom. The van der Waals surface area contributed by atoms with Crippen LogP contribution in [0.15, 0.2) is 12.3 Å². The predicted octanol–water partition coefficient (Wildman–Crippen LogP) is 1.66. The molecule has 5 nitrogen and oxygen atoms in total. The van der Waals surface area contributed by atoms with Crippen LogP contribution >= 0.6 is 0 Å². The van der Waals surface area contributed by atoms with E-state index in [9.17, 15) is 13.2 Å². The van der Waals surface area contributed by atoms with E-state index in [0.717, 1.165) is 11.3 Å². The van der Waals surface area contributed by atoms with Crippen molar-refractivity contribution in [1.29, 1.82) is 0 Å². The van der Waals surface area contributed by atoms with Gasteiger partial charge in [0.05, 0.1) is 6.61 Å². The Balaban J connectivity index is 2.83. The smallest absolute Gasteiger partial charge is 0.395 e. The fourth-order valence-corrected chi connectivity index (χ4v) is 1.46. The van der Waals surface area contributed by atoms with E-state index >= 15 is 0 Å². The van der Waals surface area contributed by atoms with E-state index in [0.29, 0.717) is 6.54 Å². The van der Waals surface area contributed by atoms with Gasteiger partial charge in [-0.15, -0.1) is 0 Å². The van der Waals surface area contributed by atoms with Crippen molar-refractivity contribution >= 4 is 11.8 Å². The highest BCUT2D eigenvalue weighted by atomic mass is 19.4. The third-order valence-electron chi connectivity index (χ3n) is 2.24. The molecule has 19 heavy (non-hydrogen) atoms. The Kier molecular flexibility index (Phi) is 5.81. The minimum atomic E-state index is -4.35. The highest BCUT2D eigenvalue weighted by molar-refractivity contribution is 5.42. The SMILES string of the molecule is CCCNc1nccc(N(CCO)CC(F)(F)F)n1. The zero-order valence-corrected chi connectivity index (χ0v) is 10.6. The maximum absolute atomic E-state index is 12.4. The van der Waals surface area contributed by atoms with Crippen molar-refractivity contribution < 1.29 is 18.3 Å². The second-order valence-corrected chi connectivity index (χ2v) is 3.93. The van der Waals surface area contributed by atoms with E-state index in [2.05, 4.69) is 15.3 Å². The summed E-state index contributed by atoms with van der Waals surface area (Å²) < 4.78 is 37.3. The number of nitrogens with zero attached hydrogens (tertiary/aromatic N) is 3. The van der Waals surface area contributed by atoms with Crippen molar-refractivity contribution in [2.24, 2.45) is 0 Å². The van der Waals surface area contributed by atoms with Gasteiger partial charge in [0.1, 0.15) is 12.4 Å². The molecule has 1 rings (SSSR count). The second-order valence-electron chi connectivity index (χ2n) is 3.93. The van der Waals surface area contributed by atoms with Crippen molar-refractivity contribution in [3.63, 3.8) is 0 Å². The molecular formula is C11H17F3N4O. The lowest BCUT2D eigenvalue weighted by Gasteiger charge is -2.24. The van der Waals surface area contributed by atoms with Crippen LogP contribution in [0.3, 0.4) is 0 Å². The van der Waals surface area contributed by atoms with Crippen molar-refractivity contribution in [2.75, 3.05) is 36.5 Å². The summed E-state index contributed by atoms with van der Waals surface area (Å²) in [7, 11) is 0. The topological polar surface area (TPSA) is 61.3 Å². The number of alkyl halides is 3. The number of aliphatic hydroxyl groups is 1. The predicted molar refractivity (Wildman–Crippen MR) is 66.2 cm³/mol. The fourth-order valence-electron chi connectivity index (χ4n) is 1.46. The number of halogens is 3. The van der Waals surface area contributed by atoms with Gasteiger partial charge in [0.2, 0.25) is 5.95 Å². The highest BCUT2D eigenvalue weighted by Gasteiger charge is 2.31. The third kappa shape index (κ3) is 5.73. The van der Waals surface area contributed by atoms with Gasteiger partial charge in [0.15, 0.2) is 0 Å². The number of hydrogen-bond acceptors (Lipinski definition) is 5. The molecule has 0 aromatic carbocycles. The average molecular weight is 278 g/mol. The van der Waals surface area contributed by atoms with Crippen LogP contribution in [0.25, 0.3) is 0 Å². The van der Waals surface area contributed by atoms with E-state index in [1.807, 2.05) is 6.92 Å². The van der Waals surface area contributed by atoms with E-state index in [4.69, 9.17) is 5.11 Å². The molecule has 1 aromatic heterocycles. The van der Waals surface area contributed by atoms with Crippen LogP contribution in [0.4, 0.5) is 24.9 Å². The quantitative estimate of drug-likeness (QED) is 0.794. The zero-order chi connectivity index (χ0) is 14.3. The molecule has 8 heteroatoms. The van der Waals surface area contributed by atoms with Gasteiger partial charge in [-0.3, -0.25) is 0 Å². The lowest BCUT2D eigenvalue weighted by atomic mass is 10.4. The first kappa shape index (κ1) is 15.5. The lowest BCUT2D eigenvalue weighted by molar-refractivity contribution is -0.120. The van der Waals surface area contributed by atoms with Gasteiger partial charge in [0, 0.05) is 19.3 Å². The molecule has 0 fully saturated rings.